The number of tetrazole rings is 6. The minimum atomic E-state index is -3.91. The van der Waals surface area contributed by atoms with Crippen LogP contribution in [-0.2, 0) is 95.0 Å². The molecule has 2 fully saturated rings. The lowest BCUT2D eigenvalue weighted by molar-refractivity contribution is 0.0965. The Morgan fingerprint density at radius 3 is 1.07 bits per heavy atom. The number of amides is 1. The van der Waals surface area contributed by atoms with E-state index in [9.17, 15) is 68.8 Å². The van der Waals surface area contributed by atoms with Gasteiger partial charge in [-0.15, -0.1) is 61.2 Å². The maximum Gasteiger partial charge on any atom is 0.251 e. The second kappa shape index (κ2) is 44.2. The second-order valence-electron chi connectivity index (χ2n) is 34.8. The molecule has 1 aliphatic carbocycles. The molecule has 0 radical (unpaired) electrons. The van der Waals surface area contributed by atoms with E-state index in [1.165, 1.54) is 79.6 Å². The third-order valence-electron chi connectivity index (χ3n) is 24.1. The highest BCUT2D eigenvalue weighted by Crippen LogP contribution is 2.46. The molecular formula is C95H92N32O16S7. The van der Waals surface area contributed by atoms with Crippen molar-refractivity contribution in [2.75, 3.05) is 67.4 Å². The molecular weight excluding hydrogens is 2070 g/mol. The van der Waals surface area contributed by atoms with Crippen LogP contribution in [0.5, 0.6) is 0 Å². The highest BCUT2D eigenvalue weighted by atomic mass is 32.2. The normalized spacial score (nSPS) is 13.5. The van der Waals surface area contributed by atoms with Crippen LogP contribution in [0.2, 0.25) is 0 Å². The molecule has 11 N–H and O–H groups in total. The predicted molar refractivity (Wildman–Crippen MR) is 548 cm³/mol. The number of primary sulfonamides is 1. The number of anilines is 2. The van der Waals surface area contributed by atoms with Crippen molar-refractivity contribution in [2.24, 2.45) is 11.1 Å². The van der Waals surface area contributed by atoms with Gasteiger partial charge in [-0.05, 0) is 210 Å². The van der Waals surface area contributed by atoms with Crippen LogP contribution in [0.1, 0.15) is 71.4 Å². The number of nitrogens with zero attached hydrogens (tertiary/aromatic N) is 23. The molecule has 11 heterocycles. The minimum absolute atomic E-state index is 0.00686. The summed E-state index contributed by atoms with van der Waals surface area (Å²) in [7, 11) is -24.9. The zero-order chi connectivity index (χ0) is 106. The van der Waals surface area contributed by atoms with E-state index in [2.05, 4.69) is 165 Å². The van der Waals surface area contributed by atoms with E-state index in [0.717, 1.165) is 128 Å². The molecule has 0 atom stereocenters. The number of nitrogens with two attached hydrogens (primary N) is 1. The average molecular weight is 2160 g/mol. The topological polar surface area (TPSA) is 708 Å². The summed E-state index contributed by atoms with van der Waals surface area (Å²) in [5.74, 6) is 3.24. The predicted octanol–water partition coefficient (Wildman–Crippen LogP) is 8.89. The molecule has 0 unspecified atom stereocenters. The molecule has 10 aromatic carbocycles. The van der Waals surface area contributed by atoms with Crippen molar-refractivity contribution < 1.29 is 68.8 Å². The van der Waals surface area contributed by atoms with E-state index in [0.29, 0.717) is 96.3 Å². The fourth-order valence-electron chi connectivity index (χ4n) is 17.3. The number of aromatic nitrogens is 28. The van der Waals surface area contributed by atoms with Gasteiger partial charge in [0.05, 0.1) is 40.9 Å². The Bertz CT molecular complexity index is 8880. The molecule has 48 nitrogen and oxygen atoms in total. The van der Waals surface area contributed by atoms with E-state index >= 15 is 0 Å². The highest BCUT2D eigenvalue weighted by Gasteiger charge is 2.33. The fourth-order valence-corrected chi connectivity index (χ4v) is 23.2. The molecule has 150 heavy (non-hydrogen) atoms. The Morgan fingerprint density at radius 2 is 0.687 bits per heavy atom. The first-order valence-electron chi connectivity index (χ1n) is 45.7. The lowest BCUT2D eigenvalue weighted by Gasteiger charge is -2.26. The van der Waals surface area contributed by atoms with Crippen LogP contribution in [0, 0.1) is 5.92 Å². The number of rotatable bonds is 23. The zero-order valence-electron chi connectivity index (χ0n) is 80.3. The molecule has 3 aliphatic heterocycles. The molecule has 1 amide bonds. The van der Waals surface area contributed by atoms with Gasteiger partial charge in [-0.25, -0.2) is 84.0 Å². The first-order chi connectivity index (χ1) is 71.8. The number of carbonyl (C=O) groups is 1. The summed E-state index contributed by atoms with van der Waals surface area (Å²) >= 11 is 0. The van der Waals surface area contributed by atoms with Gasteiger partial charge in [-0.1, -0.05) is 133 Å². The molecule has 4 aliphatic rings. The van der Waals surface area contributed by atoms with Crippen molar-refractivity contribution in [3.63, 3.8) is 0 Å². The van der Waals surface area contributed by atoms with Gasteiger partial charge in [0, 0.05) is 156 Å². The van der Waals surface area contributed by atoms with Crippen molar-refractivity contribution in [1.82, 2.24) is 149 Å². The Hall–Kier alpha value is -16.6. The van der Waals surface area contributed by atoms with Crippen LogP contribution in [0.4, 0.5) is 11.6 Å². The lowest BCUT2D eigenvalue weighted by Crippen LogP contribution is -2.30. The molecule has 1 saturated carbocycles. The number of aliphatic hydroxyl groups is 1. The summed E-state index contributed by atoms with van der Waals surface area (Å²) in [6.45, 7) is 3.09. The smallest absolute Gasteiger partial charge is 0.251 e. The Kier molecular flexibility index (Phi) is 30.9. The number of aliphatic hydroxyl groups excluding tert-OH is 1. The number of sulfonamides is 1. The summed E-state index contributed by atoms with van der Waals surface area (Å²) in [6.07, 6.45) is 22.7. The number of H-pyrrole nitrogens is 6. The average Bonchev–Trinajstić information content (AvgIpc) is 1.43. The van der Waals surface area contributed by atoms with Crippen LogP contribution in [-0.4, -0.2) is 271 Å². The van der Waals surface area contributed by atoms with Gasteiger partial charge in [-0.2, -0.15) is 31.3 Å². The Morgan fingerprint density at radius 1 is 0.353 bits per heavy atom. The van der Waals surface area contributed by atoms with Crippen molar-refractivity contribution in [3.05, 3.63) is 247 Å². The number of hydrogen-bond donors (Lipinski definition) is 10. The van der Waals surface area contributed by atoms with E-state index in [1.807, 2.05) is 30.3 Å². The van der Waals surface area contributed by atoms with Crippen LogP contribution in [0.25, 0.3) is 135 Å². The van der Waals surface area contributed by atoms with E-state index in [1.54, 1.807) is 134 Å². The number of nitrogens with one attached hydrogen (secondary N) is 8. The first-order valence-corrected chi connectivity index (χ1v) is 58.6. The summed E-state index contributed by atoms with van der Waals surface area (Å²) in [5.41, 5.74) is 14.8. The third-order valence-corrected chi connectivity index (χ3v) is 31.9. The van der Waals surface area contributed by atoms with Crippen LogP contribution in [0.15, 0.2) is 253 Å². The van der Waals surface area contributed by atoms with Crippen molar-refractivity contribution in [2.45, 2.75) is 98.8 Å². The number of piperidine rings is 1. The van der Waals surface area contributed by atoms with Crippen molar-refractivity contribution >= 4 is 86.6 Å². The Balaban J connectivity index is 0.000000123. The summed E-state index contributed by atoms with van der Waals surface area (Å²) in [5, 5.41) is 104. The Labute approximate surface area is 857 Å². The number of sulfone groups is 6. The van der Waals surface area contributed by atoms with Crippen LogP contribution < -0.4 is 20.7 Å². The van der Waals surface area contributed by atoms with E-state index in [-0.39, 0.29) is 87.3 Å². The highest BCUT2D eigenvalue weighted by molar-refractivity contribution is 7.92. The van der Waals surface area contributed by atoms with Crippen LogP contribution >= 0.6 is 0 Å². The largest absolute Gasteiger partial charge is 0.392 e. The SMILES string of the molecule is CS(=O)(=O)c1cccc(-c2cccc(CO)c2)c1-c1nn[nH]n1.CS(=O)(=O)c1cccc(-c2cccc(S(N)(=O)=O)c2)c1-c1nn[nH]n1.CS(=O)(=O)c1cccc(-c2cccc3c2CNC3=O)c1-c1nn[nH]n1.CS(=O)(=O)c1cccc(-c2cccc3c2NCCC3)c1-c1nn[nH]n1.CS(=O)(=O)c1cccc(-c2cnc(CC3CC3)nc2)c1-c1nn[nH]n1.CS(=O)(=O)c1cccc(-c2cnc(N3CCCCC3)nc2)c1-c1nn[nH]n1. The van der Waals surface area contributed by atoms with E-state index in [4.69, 9.17) is 5.14 Å². The molecule has 0 bridgehead atoms. The maximum atomic E-state index is 12.3. The van der Waals surface area contributed by atoms with Gasteiger partial charge >= 0.3 is 0 Å². The van der Waals surface area contributed by atoms with Gasteiger partial charge < -0.3 is 20.6 Å². The van der Waals surface area contributed by atoms with Gasteiger partial charge in [0.25, 0.3) is 5.91 Å². The number of fused-ring (bicyclic) bond motifs is 2. The molecule has 770 valence electrons. The van der Waals surface area contributed by atoms with Gasteiger partial charge in [-0.3, -0.25) is 4.79 Å². The zero-order valence-corrected chi connectivity index (χ0v) is 86.1. The quantitative estimate of drug-likeness (QED) is 0.0285. The summed E-state index contributed by atoms with van der Waals surface area (Å²) in [4.78, 5) is 32.6. The maximum absolute atomic E-state index is 12.3. The molecule has 0 spiro atoms. The lowest BCUT2D eigenvalue weighted by atomic mass is 9.92. The number of hydrogen-bond acceptors (Lipinski definition) is 40. The molecule has 18 aromatic rings. The molecule has 55 heteroatoms. The van der Waals surface area contributed by atoms with Gasteiger partial charge in [0.15, 0.2) is 59.0 Å². The van der Waals surface area contributed by atoms with Gasteiger partial charge in [0.1, 0.15) is 5.82 Å². The monoisotopic (exact) mass is 2160 g/mol. The number of aromatic amines is 6. The first kappa shape index (κ1) is 105. The molecule has 1 saturated heterocycles. The molecule has 8 aromatic heterocycles. The van der Waals surface area contributed by atoms with Gasteiger partial charge in [0.2, 0.25) is 50.9 Å². The third kappa shape index (κ3) is 24.1. The molecule has 22 rings (SSSR count). The second-order valence-corrected chi connectivity index (χ2v) is 48.3. The fraction of sp³-hybridized carbons (Fsp3) is 0.211. The standard InChI is InChI=1S/C17H19N7O2S.C17H17N5O2S.C16H16N6O2S.C16H13N5O3S.C15H14N4O3S.C14H13N5O4S2/c1-27(25,26)14-7-5-6-13(15(14)16-20-22-23-21-16)12-10-18-17(19-11-12)24-8-3-2-4-9-24;1-25(23,24)14-9-3-7-12(15(14)17-19-21-22-20-17)13-8-2-5-11-6-4-10-18-16(11)13;1-25(23,24)13-4-2-3-12(15(13)16-19-21-22-20-16)11-8-17-14(18-9-11)7-10-5-6-10;1-25(23,24)13-7-3-5-10(14(13)15-18-20-21-19-15)9-4-2-6-11-12(9)8-17-16(11)22;1-23(21,22)13-7-3-6-12(14(13)15-16-18-19-17-15)11-5-2-4-10(8-11)9-20;1-24(20,21)12-7-3-6-11(13(12)14-16-18-19-17-14)9-4-2-5-10(8-9)25(15,22)23/h5-7,10-11H,2-4,8-9H2,1H3,(H,20,21,22,23);2-3,5,7-9,18H,4,6,10H2,1H3,(H,19,20,21,22);2-4,8-10H,5-7H2,1H3,(H,19,20,21,22);2-7H,8H2,1H3,(H,17,22)(H,18,19,20,21);2-8,20H,9H2,1H3,(H,16,17,18,19);2-8H,1H3,(H2,15,22,23)(H,16,17,18,19). The van der Waals surface area contributed by atoms with Crippen molar-refractivity contribution in [1.29, 1.82) is 0 Å². The van der Waals surface area contributed by atoms with Crippen molar-refractivity contribution in [3.8, 4) is 135 Å². The van der Waals surface area contributed by atoms with E-state index < -0.39 is 69.0 Å². The summed E-state index contributed by atoms with van der Waals surface area (Å²) in [6, 6.07) is 54.4. The van der Waals surface area contributed by atoms with Crippen LogP contribution in [0.3, 0.4) is 0 Å². The number of para-hydroxylation sites is 1. The summed E-state index contributed by atoms with van der Waals surface area (Å²) < 4.78 is 170. The number of carbonyl (C=O) groups excluding carboxylic acids is 1. The number of benzene rings is 10. The number of aryl methyl sites for hydroxylation is 1. The minimum Gasteiger partial charge on any atom is -0.392 e.